The van der Waals surface area contributed by atoms with Crippen LogP contribution in [0.4, 0.5) is 0 Å². The Morgan fingerprint density at radius 1 is 1.00 bits per heavy atom. The zero-order chi connectivity index (χ0) is 19.6. The number of phosphoric acid groups is 1. The van der Waals surface area contributed by atoms with Gasteiger partial charge in [-0.1, -0.05) is 42.5 Å². The van der Waals surface area contributed by atoms with Crippen LogP contribution in [0.25, 0.3) is 0 Å². The molecule has 168 valence electrons. The van der Waals surface area contributed by atoms with E-state index < -0.39 is 15.4 Å². The molecule has 0 radical (unpaired) electrons. The summed E-state index contributed by atoms with van der Waals surface area (Å²) >= 11 is 0. The number of hydrogen-bond donors (Lipinski definition) is 3. The maximum Gasteiger partial charge on any atom is 0.469 e. The van der Waals surface area contributed by atoms with Crippen LogP contribution < -0.4 is 0 Å². The number of phosphoric ester groups is 1. The van der Waals surface area contributed by atoms with E-state index in [9.17, 15) is 9.13 Å². The zero-order valence-corrected chi connectivity index (χ0v) is 17.8. The summed E-state index contributed by atoms with van der Waals surface area (Å²) in [5, 5.41) is 0. The van der Waals surface area contributed by atoms with Gasteiger partial charge in [-0.15, -0.1) is 0 Å². The Morgan fingerprint density at radius 3 is 1.69 bits per heavy atom. The summed E-state index contributed by atoms with van der Waals surface area (Å²) in [5.74, 6) is 0.800. The van der Waals surface area contributed by atoms with Crippen molar-refractivity contribution in [2.45, 2.75) is 55.9 Å². The number of hydrogen-bond acceptors (Lipinski definition) is 4. The average molecular weight is 429 g/mol. The van der Waals surface area contributed by atoms with Gasteiger partial charge in [0.1, 0.15) is 0 Å². The molecule has 0 aliphatic heterocycles. The van der Waals surface area contributed by atoms with E-state index >= 15 is 0 Å². The fourth-order valence-corrected chi connectivity index (χ4v) is 2.36. The highest BCUT2D eigenvalue weighted by Gasteiger charge is 2.23. The van der Waals surface area contributed by atoms with Gasteiger partial charge in [-0.3, -0.25) is 13.6 Å². The van der Waals surface area contributed by atoms with Crippen LogP contribution in [0, 0.1) is 11.8 Å². The van der Waals surface area contributed by atoms with Crippen LogP contribution in [0.2, 0.25) is 0 Å². The van der Waals surface area contributed by atoms with Crippen LogP contribution in [-0.4, -0.2) is 59.3 Å². The molecule has 0 bridgehead atoms. The lowest BCUT2D eigenvalue weighted by atomic mass is 10.1. The van der Waals surface area contributed by atoms with E-state index in [0.29, 0.717) is 17.1 Å². The highest BCUT2D eigenvalue weighted by Crippen LogP contribution is 2.37. The van der Waals surface area contributed by atoms with Crippen LogP contribution in [0.15, 0.2) is 0 Å². The second-order valence-corrected chi connectivity index (χ2v) is 10.2. The first kappa shape index (κ1) is 33.8. The van der Waals surface area contributed by atoms with Crippen molar-refractivity contribution in [3.8, 4) is 0 Å². The van der Waals surface area contributed by atoms with Crippen LogP contribution in [0.3, 0.4) is 0 Å². The van der Waals surface area contributed by atoms with E-state index in [2.05, 4.69) is 32.3 Å². The van der Waals surface area contributed by atoms with Crippen molar-refractivity contribution in [1.29, 1.82) is 0 Å². The van der Waals surface area contributed by atoms with Gasteiger partial charge < -0.3 is 19.2 Å². The molecule has 8 nitrogen and oxygen atoms in total. The summed E-state index contributed by atoms with van der Waals surface area (Å²) in [6.45, 7) is 13.6. The molecular formula is C16H48NO7P2+. The van der Waals surface area contributed by atoms with E-state index in [-0.39, 0.29) is 30.2 Å². The van der Waals surface area contributed by atoms with Gasteiger partial charge in [-0.25, -0.2) is 4.57 Å². The molecule has 0 heterocycles. The van der Waals surface area contributed by atoms with E-state index in [0.717, 1.165) is 19.5 Å². The topological polar surface area (TPSA) is 113 Å². The molecule has 26 heavy (non-hydrogen) atoms. The normalized spacial score (nSPS) is 15.8. The van der Waals surface area contributed by atoms with Gasteiger partial charge in [0.15, 0.2) is 6.73 Å². The van der Waals surface area contributed by atoms with E-state index in [1.54, 1.807) is 0 Å². The number of rotatable bonds is 10. The second kappa shape index (κ2) is 15.2. The van der Waals surface area contributed by atoms with E-state index in [1.165, 1.54) is 6.66 Å². The van der Waals surface area contributed by atoms with Gasteiger partial charge in [0.05, 0.1) is 26.7 Å². The lowest BCUT2D eigenvalue weighted by Gasteiger charge is -2.33. The molecule has 0 saturated carbocycles. The first-order valence-electron chi connectivity index (χ1n) is 8.08. The molecule has 2 atom stereocenters. The monoisotopic (exact) mass is 428 g/mol. The molecule has 0 fully saturated rings. The van der Waals surface area contributed by atoms with Crippen LogP contribution in [-0.2, 0) is 18.2 Å². The Balaban J connectivity index is -0.0000000824. The number of nitrogens with zero attached hydrogens (tertiary/aromatic N) is 1. The predicted molar refractivity (Wildman–Crippen MR) is 113 cm³/mol. The summed E-state index contributed by atoms with van der Waals surface area (Å²) in [5.41, 5.74) is 0. The van der Waals surface area contributed by atoms with Gasteiger partial charge >= 0.3 is 15.4 Å². The molecule has 0 aliphatic rings. The summed E-state index contributed by atoms with van der Waals surface area (Å²) in [6, 6.07) is 0. The van der Waals surface area contributed by atoms with Crippen molar-refractivity contribution in [3.63, 3.8) is 0 Å². The lowest BCUT2D eigenvalue weighted by molar-refractivity contribution is -0.923. The van der Waals surface area contributed by atoms with Crippen LogP contribution in [0.1, 0.15) is 58.7 Å². The van der Waals surface area contributed by atoms with Crippen molar-refractivity contribution in [1.82, 2.24) is 0 Å². The van der Waals surface area contributed by atoms with Gasteiger partial charge in [0.25, 0.3) is 0 Å². The third kappa shape index (κ3) is 26.4. The van der Waals surface area contributed by atoms with Crippen molar-refractivity contribution in [2.24, 2.45) is 11.8 Å². The maximum absolute atomic E-state index is 11.0. The fraction of sp³-hybridized carbons (Fsp3) is 1.00. The molecule has 0 amide bonds. The van der Waals surface area contributed by atoms with Crippen molar-refractivity contribution in [2.75, 3.05) is 40.1 Å². The van der Waals surface area contributed by atoms with Gasteiger partial charge in [0.2, 0.25) is 0 Å². The molecule has 0 aliphatic carbocycles. The zero-order valence-electron chi connectivity index (χ0n) is 16.0. The van der Waals surface area contributed by atoms with Crippen LogP contribution >= 0.6 is 15.4 Å². The summed E-state index contributed by atoms with van der Waals surface area (Å²) < 4.78 is 30.9. The molecular weight excluding hydrogens is 380 g/mol. The van der Waals surface area contributed by atoms with E-state index in [1.807, 2.05) is 13.8 Å². The Bertz CT molecular complexity index is 431. The second-order valence-electron chi connectivity index (χ2n) is 7.08. The van der Waals surface area contributed by atoms with Crippen LogP contribution in [0.5, 0.6) is 0 Å². The summed E-state index contributed by atoms with van der Waals surface area (Å²) in [6.07, 6.45) is 1.10. The van der Waals surface area contributed by atoms with Gasteiger partial charge in [-0.2, -0.15) is 0 Å². The number of quaternary nitrogens is 1. The minimum atomic E-state index is -4.22. The molecule has 0 aromatic heterocycles. The minimum Gasteiger partial charge on any atom is -0.324 e. The molecule has 0 aromatic rings. The SMILES string of the molecule is C.C.CC(C)COP(=O)(O)O.CC[N+](C)(CCC(C)C)COP(C)(=O)O.[HH].[HH]. The Kier molecular flexibility index (Phi) is 19.7. The molecule has 0 aromatic carbocycles. The first-order chi connectivity index (χ1) is 10.6. The Morgan fingerprint density at radius 2 is 1.46 bits per heavy atom. The Labute approximate surface area is 164 Å². The third-order valence-corrected chi connectivity index (χ3v) is 4.27. The van der Waals surface area contributed by atoms with Crippen molar-refractivity contribution in [3.05, 3.63) is 0 Å². The standard InChI is InChI=1S/C10H24NO3P.C4H11O4P.2CH4.2H2/c1-6-11(4,8-7-10(2)3)9-14-15(5,12)13;1-4(2)3-8-9(5,6)7;;;;/h10H,6-9H2,1-5H3;4H,3H2,1-2H3,(H2,5,6,7);2*1H4;2*1H/p+1. The summed E-state index contributed by atoms with van der Waals surface area (Å²) in [4.78, 5) is 25.4. The van der Waals surface area contributed by atoms with E-state index in [4.69, 9.17) is 19.2 Å². The lowest BCUT2D eigenvalue weighted by Crippen LogP contribution is -2.46. The molecule has 10 heteroatoms. The maximum atomic E-state index is 11.0. The molecule has 3 N–H and O–H groups in total. The smallest absolute Gasteiger partial charge is 0.324 e. The first-order valence-corrected chi connectivity index (χ1v) is 11.6. The third-order valence-electron chi connectivity index (χ3n) is 3.19. The van der Waals surface area contributed by atoms with Crippen molar-refractivity contribution >= 4 is 15.4 Å². The molecule has 0 saturated heterocycles. The average Bonchev–Trinajstić information content (AvgIpc) is 2.40. The summed E-state index contributed by atoms with van der Waals surface area (Å²) in [7, 11) is -5.50. The molecule has 2 unspecified atom stereocenters. The highest BCUT2D eigenvalue weighted by atomic mass is 31.2. The predicted octanol–water partition coefficient (Wildman–Crippen LogP) is 4.80. The molecule has 0 rings (SSSR count). The Hall–Kier alpha value is 0.220. The van der Waals surface area contributed by atoms with Gasteiger partial charge in [-0.05, 0) is 25.2 Å². The quantitative estimate of drug-likeness (QED) is 0.260. The largest absolute Gasteiger partial charge is 0.469 e. The minimum absolute atomic E-state index is 0. The van der Waals surface area contributed by atoms with Gasteiger partial charge in [0, 0.05) is 9.52 Å². The molecule has 0 spiro atoms. The van der Waals surface area contributed by atoms with Crippen molar-refractivity contribution < 1.29 is 40.2 Å². The fourth-order valence-electron chi connectivity index (χ4n) is 1.38. The highest BCUT2D eigenvalue weighted by molar-refractivity contribution is 7.51.